The van der Waals surface area contributed by atoms with E-state index < -0.39 is 0 Å². The molecule has 2 atom stereocenters. The number of hydrogen-bond acceptors (Lipinski definition) is 3. The van der Waals surface area contributed by atoms with Crippen molar-refractivity contribution in [2.45, 2.75) is 38.1 Å². The lowest BCUT2D eigenvalue weighted by Crippen LogP contribution is -2.51. The summed E-state index contributed by atoms with van der Waals surface area (Å²) >= 11 is 0. The number of carbonyl (C=O) groups is 2. The Kier molecular flexibility index (Phi) is 6.77. The zero-order chi connectivity index (χ0) is 23.3. The number of rotatable bonds is 6. The number of piperidine rings is 2. The van der Waals surface area contributed by atoms with Crippen molar-refractivity contribution in [1.82, 2.24) is 14.8 Å². The Morgan fingerprint density at radius 3 is 2.44 bits per heavy atom. The van der Waals surface area contributed by atoms with Gasteiger partial charge in [-0.1, -0.05) is 12.5 Å². The van der Waals surface area contributed by atoms with Crippen LogP contribution in [0, 0.1) is 5.92 Å². The second kappa shape index (κ2) is 10.3. The summed E-state index contributed by atoms with van der Waals surface area (Å²) in [5.41, 5.74) is 2.75. The summed E-state index contributed by atoms with van der Waals surface area (Å²) in [4.78, 5) is 28.2. The first kappa shape index (κ1) is 22.4. The van der Waals surface area contributed by atoms with Crippen molar-refractivity contribution in [1.29, 1.82) is 0 Å². The summed E-state index contributed by atoms with van der Waals surface area (Å²) in [6, 6.07) is 19.1. The van der Waals surface area contributed by atoms with Gasteiger partial charge in [-0.25, -0.2) is 0 Å². The molecule has 2 aliphatic heterocycles. The molecule has 2 fully saturated rings. The minimum atomic E-state index is -0.198. The van der Waals surface area contributed by atoms with E-state index in [1.165, 1.54) is 45.2 Å². The van der Waals surface area contributed by atoms with E-state index in [1.807, 2.05) is 53.4 Å². The average molecular weight is 457 g/mol. The number of benzene rings is 2. The molecule has 5 rings (SSSR count). The minimum absolute atomic E-state index is 0.0832. The van der Waals surface area contributed by atoms with Gasteiger partial charge < -0.3 is 20.1 Å². The number of amides is 2. The van der Waals surface area contributed by atoms with Crippen LogP contribution in [0.25, 0.3) is 5.69 Å². The predicted molar refractivity (Wildman–Crippen MR) is 134 cm³/mol. The molecule has 6 nitrogen and oxygen atoms in total. The second-order valence-electron chi connectivity index (χ2n) is 9.38. The predicted octanol–water partition coefficient (Wildman–Crippen LogP) is 4.72. The van der Waals surface area contributed by atoms with E-state index in [2.05, 4.69) is 15.5 Å². The number of nitrogens with one attached hydrogen (secondary N) is 2. The van der Waals surface area contributed by atoms with Crippen molar-refractivity contribution < 1.29 is 9.59 Å². The molecule has 2 aromatic carbocycles. The molecule has 0 radical (unpaired) electrons. The van der Waals surface area contributed by atoms with E-state index in [-0.39, 0.29) is 11.8 Å². The van der Waals surface area contributed by atoms with Crippen molar-refractivity contribution in [3.63, 3.8) is 0 Å². The topological polar surface area (TPSA) is 66.4 Å². The molecule has 1 aromatic heterocycles. The van der Waals surface area contributed by atoms with Crippen LogP contribution in [0.3, 0.4) is 0 Å². The smallest absolute Gasteiger partial charge is 0.255 e. The fraction of sp³-hybridized carbons (Fsp3) is 0.357. The van der Waals surface area contributed by atoms with Crippen LogP contribution < -0.4 is 10.6 Å². The van der Waals surface area contributed by atoms with E-state index in [1.54, 1.807) is 24.3 Å². The normalized spacial score (nSPS) is 20.4. The Hall–Kier alpha value is -3.38. The van der Waals surface area contributed by atoms with E-state index >= 15 is 0 Å². The van der Waals surface area contributed by atoms with E-state index in [9.17, 15) is 9.59 Å². The number of hydrogen-bond donors (Lipinski definition) is 2. The molecule has 2 amide bonds. The fourth-order valence-corrected chi connectivity index (χ4v) is 5.37. The molecule has 2 unspecified atom stereocenters. The van der Waals surface area contributed by atoms with Crippen LogP contribution in [-0.2, 0) is 0 Å². The van der Waals surface area contributed by atoms with Crippen molar-refractivity contribution in [3.05, 3.63) is 84.2 Å². The molecule has 3 heterocycles. The summed E-state index contributed by atoms with van der Waals surface area (Å²) in [7, 11) is 0. The molecule has 0 saturated carbocycles. The van der Waals surface area contributed by atoms with Gasteiger partial charge in [-0.05, 0) is 99.3 Å². The van der Waals surface area contributed by atoms with Gasteiger partial charge in [0.1, 0.15) is 0 Å². The summed E-state index contributed by atoms with van der Waals surface area (Å²) in [6.07, 6.45) is 10.2. The number of fused-ring (bicyclic) bond motifs is 1. The van der Waals surface area contributed by atoms with Crippen LogP contribution in [-0.4, -0.2) is 47.0 Å². The first-order chi connectivity index (χ1) is 16.7. The lowest BCUT2D eigenvalue weighted by Gasteiger charge is -2.44. The van der Waals surface area contributed by atoms with Crippen molar-refractivity contribution >= 4 is 17.5 Å². The van der Waals surface area contributed by atoms with Crippen LogP contribution in [0.5, 0.6) is 0 Å². The lowest BCUT2D eigenvalue weighted by atomic mass is 9.83. The molecule has 6 heteroatoms. The van der Waals surface area contributed by atoms with E-state index in [4.69, 9.17) is 0 Å². The lowest BCUT2D eigenvalue weighted by molar-refractivity contribution is 0.0575. The standard InChI is InChI=1S/C28H32N4O2/c33-27(29-20-23-8-6-18-32-17-2-1-10-26(23)32)22-7-5-9-24(19-22)30-28(34)21-11-13-25(14-12-21)31-15-3-4-16-31/h3-5,7,9,11-16,19,23,26H,1-2,6,8,10,17-18,20H2,(H,29,33)(H,30,34). The largest absolute Gasteiger partial charge is 0.352 e. The highest BCUT2D eigenvalue weighted by molar-refractivity contribution is 6.05. The third kappa shape index (κ3) is 5.07. The van der Waals surface area contributed by atoms with Crippen molar-refractivity contribution in [3.8, 4) is 5.69 Å². The summed E-state index contributed by atoms with van der Waals surface area (Å²) in [5, 5.41) is 6.07. The Bertz CT molecular complexity index is 1120. The molecule has 2 saturated heterocycles. The maximum atomic E-state index is 12.9. The molecule has 0 bridgehead atoms. The quantitative estimate of drug-likeness (QED) is 0.564. The Balaban J connectivity index is 1.18. The molecule has 3 aromatic rings. The maximum Gasteiger partial charge on any atom is 0.255 e. The molecular formula is C28H32N4O2. The number of carbonyl (C=O) groups excluding carboxylic acids is 2. The van der Waals surface area contributed by atoms with Gasteiger partial charge in [0.25, 0.3) is 11.8 Å². The van der Waals surface area contributed by atoms with Crippen LogP contribution in [0.1, 0.15) is 52.8 Å². The highest BCUT2D eigenvalue weighted by Crippen LogP contribution is 2.30. The van der Waals surface area contributed by atoms with Crippen LogP contribution in [0.15, 0.2) is 73.1 Å². The van der Waals surface area contributed by atoms with Gasteiger partial charge >= 0.3 is 0 Å². The first-order valence-corrected chi connectivity index (χ1v) is 12.3. The maximum absolute atomic E-state index is 12.9. The minimum Gasteiger partial charge on any atom is -0.352 e. The second-order valence-corrected chi connectivity index (χ2v) is 9.38. The summed E-state index contributed by atoms with van der Waals surface area (Å²) in [5.74, 6) is 0.242. The van der Waals surface area contributed by atoms with Gasteiger partial charge in [-0.15, -0.1) is 0 Å². The third-order valence-electron chi connectivity index (χ3n) is 7.17. The highest BCUT2D eigenvalue weighted by Gasteiger charge is 2.32. The van der Waals surface area contributed by atoms with Gasteiger partial charge in [-0.3, -0.25) is 9.59 Å². The SMILES string of the molecule is O=C(NCC1CCCN2CCCCC12)c1cccc(NC(=O)c2ccc(-n3cccc3)cc2)c1. The van der Waals surface area contributed by atoms with Crippen molar-refractivity contribution in [2.75, 3.05) is 25.0 Å². The molecule has 2 N–H and O–H groups in total. The van der Waals surface area contributed by atoms with Gasteiger partial charge in [0.15, 0.2) is 0 Å². The zero-order valence-electron chi connectivity index (χ0n) is 19.5. The highest BCUT2D eigenvalue weighted by atomic mass is 16.2. The third-order valence-corrected chi connectivity index (χ3v) is 7.17. The summed E-state index contributed by atoms with van der Waals surface area (Å²) < 4.78 is 1.99. The molecule has 34 heavy (non-hydrogen) atoms. The summed E-state index contributed by atoms with van der Waals surface area (Å²) in [6.45, 7) is 3.11. The average Bonchev–Trinajstić information content (AvgIpc) is 3.43. The number of anilines is 1. The molecule has 176 valence electrons. The van der Waals surface area contributed by atoms with Crippen molar-refractivity contribution in [2.24, 2.45) is 5.92 Å². The Labute approximate surface area is 201 Å². The number of aromatic nitrogens is 1. The first-order valence-electron chi connectivity index (χ1n) is 12.3. The fourth-order valence-electron chi connectivity index (χ4n) is 5.37. The number of nitrogens with zero attached hydrogens (tertiary/aromatic N) is 2. The van der Waals surface area contributed by atoms with Gasteiger partial charge in [-0.2, -0.15) is 0 Å². The zero-order valence-corrected chi connectivity index (χ0v) is 19.5. The van der Waals surface area contributed by atoms with Gasteiger partial charge in [0.05, 0.1) is 0 Å². The van der Waals surface area contributed by atoms with Gasteiger partial charge in [0, 0.05) is 47.5 Å². The molecular weight excluding hydrogens is 424 g/mol. The van der Waals surface area contributed by atoms with Crippen LogP contribution in [0.2, 0.25) is 0 Å². The molecule has 0 spiro atoms. The Morgan fingerprint density at radius 2 is 1.62 bits per heavy atom. The molecule has 0 aliphatic carbocycles. The Morgan fingerprint density at radius 1 is 0.824 bits per heavy atom. The monoisotopic (exact) mass is 456 g/mol. The van der Waals surface area contributed by atoms with E-state index in [0.717, 1.165) is 5.69 Å². The van der Waals surface area contributed by atoms with E-state index in [0.29, 0.717) is 35.3 Å². The van der Waals surface area contributed by atoms with Gasteiger partial charge in [0.2, 0.25) is 0 Å². The molecule has 2 aliphatic rings. The van der Waals surface area contributed by atoms with Crippen LogP contribution in [0.4, 0.5) is 5.69 Å². The van der Waals surface area contributed by atoms with Crippen LogP contribution >= 0.6 is 0 Å².